The molecule has 28 heavy (non-hydrogen) atoms. The molecule has 1 saturated heterocycles. The zero-order valence-corrected chi connectivity index (χ0v) is 20.9. The Labute approximate surface area is 194 Å². The van der Waals surface area contributed by atoms with Gasteiger partial charge in [0.2, 0.25) is 0 Å². The number of nitrogens with zero attached hydrogens (tertiary/aromatic N) is 3. The maximum Gasteiger partial charge on any atom is 0.191 e. The Morgan fingerprint density at radius 3 is 2.21 bits per heavy atom. The van der Waals surface area contributed by atoms with Gasteiger partial charge in [0.05, 0.1) is 12.1 Å². The van der Waals surface area contributed by atoms with Crippen LogP contribution >= 0.6 is 46.7 Å². The van der Waals surface area contributed by atoms with Gasteiger partial charge in [0, 0.05) is 29.9 Å². The molecule has 0 bridgehead atoms. The second-order valence-electron chi connectivity index (χ2n) is 7.10. The molecule has 2 aromatic rings. The molecule has 1 fully saturated rings. The van der Waals surface area contributed by atoms with E-state index in [1.807, 2.05) is 18.4 Å². The molecule has 1 aliphatic heterocycles. The van der Waals surface area contributed by atoms with Crippen LogP contribution in [0.25, 0.3) is 0 Å². The number of likely N-dealkylation sites (N-methyl/N-ethyl adjacent to an activating group) is 1. The number of hydrogen-bond acceptors (Lipinski definition) is 5. The zero-order valence-electron chi connectivity index (χ0n) is 16.9. The van der Waals surface area contributed by atoms with Crippen LogP contribution < -0.4 is 10.6 Å². The van der Waals surface area contributed by atoms with Crippen molar-refractivity contribution in [3.8, 4) is 0 Å². The van der Waals surface area contributed by atoms with Crippen molar-refractivity contribution >= 4 is 52.6 Å². The molecule has 3 rings (SSSR count). The van der Waals surface area contributed by atoms with Crippen LogP contribution in [0.5, 0.6) is 0 Å². The minimum absolute atomic E-state index is 0. The molecular formula is C20H32IN5S2. The molecule has 2 N–H and O–H groups in total. The predicted molar refractivity (Wildman–Crippen MR) is 133 cm³/mol. The van der Waals surface area contributed by atoms with Gasteiger partial charge in [-0.25, -0.2) is 0 Å². The molecule has 0 aromatic carbocycles. The highest BCUT2D eigenvalue weighted by Gasteiger charge is 2.24. The highest BCUT2D eigenvalue weighted by molar-refractivity contribution is 14.0. The lowest BCUT2D eigenvalue weighted by atomic mass is 10.2. The summed E-state index contributed by atoms with van der Waals surface area (Å²) in [4.78, 5) is 12.1. The molecule has 0 spiro atoms. The first-order valence-electron chi connectivity index (χ1n) is 9.61. The molecule has 3 heterocycles. The van der Waals surface area contributed by atoms with Gasteiger partial charge < -0.3 is 15.5 Å². The molecule has 2 atom stereocenters. The maximum atomic E-state index is 4.44. The average molecular weight is 534 g/mol. The highest BCUT2D eigenvalue weighted by Crippen LogP contribution is 2.28. The fraction of sp³-hybridized carbons (Fsp3) is 0.550. The Morgan fingerprint density at radius 1 is 1.07 bits per heavy atom. The van der Waals surface area contributed by atoms with Gasteiger partial charge in [-0.3, -0.25) is 9.89 Å². The first-order valence-corrected chi connectivity index (χ1v) is 11.4. The van der Waals surface area contributed by atoms with Crippen molar-refractivity contribution in [1.82, 2.24) is 20.4 Å². The fourth-order valence-electron chi connectivity index (χ4n) is 3.57. The summed E-state index contributed by atoms with van der Waals surface area (Å²) in [6.07, 6.45) is 2.61. The number of likely N-dealkylation sites (tertiary alicyclic amines) is 1. The zero-order chi connectivity index (χ0) is 19.1. The lowest BCUT2D eigenvalue weighted by molar-refractivity contribution is 0.248. The third kappa shape index (κ3) is 6.41. The fourth-order valence-corrected chi connectivity index (χ4v) is 5.35. The topological polar surface area (TPSA) is 42.9 Å². The minimum atomic E-state index is 0. The lowest BCUT2D eigenvalue weighted by Gasteiger charge is -2.28. The van der Waals surface area contributed by atoms with E-state index < -0.39 is 0 Å². The van der Waals surface area contributed by atoms with Crippen molar-refractivity contribution < 1.29 is 0 Å². The number of thiophene rings is 2. The molecule has 0 aliphatic carbocycles. The molecule has 0 radical (unpaired) electrons. The summed E-state index contributed by atoms with van der Waals surface area (Å²) in [5, 5.41) is 11.4. The van der Waals surface area contributed by atoms with Gasteiger partial charge in [-0.15, -0.1) is 46.7 Å². The molecule has 1 aliphatic rings. The molecule has 156 valence electrons. The number of aliphatic imine (C=N–C) groups is 1. The molecule has 0 amide bonds. The maximum absolute atomic E-state index is 4.44. The van der Waals surface area contributed by atoms with Gasteiger partial charge in [0.25, 0.3) is 0 Å². The lowest BCUT2D eigenvalue weighted by Crippen LogP contribution is -2.44. The van der Waals surface area contributed by atoms with Crippen LogP contribution in [0.1, 0.15) is 34.7 Å². The number of nitrogens with one attached hydrogen (secondary N) is 2. The number of halogens is 1. The van der Waals surface area contributed by atoms with Gasteiger partial charge >= 0.3 is 0 Å². The molecule has 2 aromatic heterocycles. The largest absolute Gasteiger partial charge is 0.354 e. The van der Waals surface area contributed by atoms with Gasteiger partial charge in [0.1, 0.15) is 0 Å². The second kappa shape index (κ2) is 12.1. The van der Waals surface area contributed by atoms with Crippen LogP contribution in [0.4, 0.5) is 0 Å². The van der Waals surface area contributed by atoms with Crippen molar-refractivity contribution in [2.45, 2.75) is 24.9 Å². The Kier molecular flexibility index (Phi) is 10.2. The molecule has 8 heteroatoms. The second-order valence-corrected chi connectivity index (χ2v) is 9.06. The first kappa shape index (κ1) is 23.6. The quantitative estimate of drug-likeness (QED) is 0.306. The van der Waals surface area contributed by atoms with E-state index in [-0.39, 0.29) is 24.0 Å². The normalized spacial score (nSPS) is 17.4. The van der Waals surface area contributed by atoms with Gasteiger partial charge in [0.15, 0.2) is 5.96 Å². The smallest absolute Gasteiger partial charge is 0.191 e. The van der Waals surface area contributed by atoms with Gasteiger partial charge in [-0.2, -0.15) is 0 Å². The van der Waals surface area contributed by atoms with Crippen molar-refractivity contribution in [3.05, 3.63) is 44.8 Å². The number of hydrogen-bond donors (Lipinski definition) is 2. The minimum Gasteiger partial charge on any atom is -0.354 e. The summed E-state index contributed by atoms with van der Waals surface area (Å²) in [6.45, 7) is 4.10. The Bertz CT molecular complexity index is 682. The van der Waals surface area contributed by atoms with Crippen molar-refractivity contribution in [1.29, 1.82) is 0 Å². The van der Waals surface area contributed by atoms with E-state index in [4.69, 9.17) is 0 Å². The van der Waals surface area contributed by atoms with E-state index >= 15 is 0 Å². The van der Waals surface area contributed by atoms with Gasteiger partial charge in [-0.05, 0) is 62.9 Å². The van der Waals surface area contributed by atoms with E-state index in [9.17, 15) is 0 Å². The Morgan fingerprint density at radius 2 is 1.68 bits per heavy atom. The number of guanidine groups is 1. The standard InChI is InChI=1S/C20H31N5S2.HI/c1-21-20(22-14-16(24(2)3)18-8-6-12-26-18)23-15-17(19-9-7-13-27-19)25-10-4-5-11-25;/h6-9,12-13,16-17H,4-5,10-11,14-15H2,1-3H3,(H2,21,22,23);1H. The van der Waals surface area contributed by atoms with Crippen LogP contribution in [0.15, 0.2) is 40.0 Å². The highest BCUT2D eigenvalue weighted by atomic mass is 127. The summed E-state index contributed by atoms with van der Waals surface area (Å²) in [5.74, 6) is 0.874. The van der Waals surface area contributed by atoms with Crippen molar-refractivity contribution in [2.24, 2.45) is 4.99 Å². The van der Waals surface area contributed by atoms with E-state index in [0.29, 0.717) is 12.1 Å². The predicted octanol–water partition coefficient (Wildman–Crippen LogP) is 4.03. The van der Waals surface area contributed by atoms with Crippen LogP contribution in [0.2, 0.25) is 0 Å². The van der Waals surface area contributed by atoms with Gasteiger partial charge in [-0.1, -0.05) is 12.1 Å². The van der Waals surface area contributed by atoms with Crippen molar-refractivity contribution in [2.75, 3.05) is 47.3 Å². The monoisotopic (exact) mass is 533 g/mol. The van der Waals surface area contributed by atoms with Crippen LogP contribution in [0.3, 0.4) is 0 Å². The summed E-state index contributed by atoms with van der Waals surface area (Å²) in [6, 6.07) is 9.49. The summed E-state index contributed by atoms with van der Waals surface area (Å²) in [5.41, 5.74) is 0. The van der Waals surface area contributed by atoms with E-state index in [2.05, 4.69) is 74.5 Å². The molecule has 5 nitrogen and oxygen atoms in total. The Balaban J connectivity index is 0.00000280. The molecule has 0 saturated carbocycles. The SMILES string of the molecule is CN=C(NCC(c1cccs1)N(C)C)NCC(c1cccs1)N1CCCC1.I. The summed E-state index contributed by atoms with van der Waals surface area (Å²) in [7, 11) is 6.10. The van der Waals surface area contributed by atoms with Crippen LogP contribution in [-0.4, -0.2) is 63.1 Å². The van der Waals surface area contributed by atoms with E-state index in [1.165, 1.54) is 35.7 Å². The van der Waals surface area contributed by atoms with Crippen LogP contribution in [-0.2, 0) is 0 Å². The third-order valence-corrected chi connectivity index (χ3v) is 7.04. The third-order valence-electron chi connectivity index (χ3n) is 5.10. The number of rotatable bonds is 8. The van der Waals surface area contributed by atoms with E-state index in [0.717, 1.165) is 19.0 Å². The Hall–Kier alpha value is -0.680. The average Bonchev–Trinajstić information content (AvgIpc) is 3.43. The van der Waals surface area contributed by atoms with Crippen LogP contribution in [0, 0.1) is 0 Å². The molecular weight excluding hydrogens is 501 g/mol. The summed E-state index contributed by atoms with van der Waals surface area (Å²) >= 11 is 3.66. The van der Waals surface area contributed by atoms with E-state index in [1.54, 1.807) is 11.3 Å². The summed E-state index contributed by atoms with van der Waals surface area (Å²) < 4.78 is 0. The first-order chi connectivity index (χ1) is 13.2. The molecule has 2 unspecified atom stereocenters. The van der Waals surface area contributed by atoms with Crippen molar-refractivity contribution in [3.63, 3.8) is 0 Å².